The van der Waals surface area contributed by atoms with Crippen molar-refractivity contribution in [3.05, 3.63) is 65.7 Å². The number of hydrogen-bond donors (Lipinski definition) is 1. The van der Waals surface area contributed by atoms with Gasteiger partial charge in [-0.25, -0.2) is 8.42 Å². The third-order valence-corrected chi connectivity index (χ3v) is 4.56. The van der Waals surface area contributed by atoms with Crippen LogP contribution in [-0.4, -0.2) is 8.42 Å². The van der Waals surface area contributed by atoms with Crippen LogP contribution in [-0.2, 0) is 10.0 Å². The number of anilines is 1. The predicted octanol–water partition coefficient (Wildman–Crippen LogP) is 2.53. The number of nitrogens with one attached hydrogen (secondary N) is 1. The van der Waals surface area contributed by atoms with Crippen LogP contribution in [0.25, 0.3) is 0 Å². The van der Waals surface area contributed by atoms with Crippen LogP contribution < -0.4 is 4.72 Å². The van der Waals surface area contributed by atoms with Gasteiger partial charge in [0.25, 0.3) is 0 Å². The van der Waals surface area contributed by atoms with Crippen molar-refractivity contribution in [3.8, 4) is 0 Å². The van der Waals surface area contributed by atoms with Gasteiger partial charge in [0.1, 0.15) is 5.25 Å². The van der Waals surface area contributed by atoms with Crippen LogP contribution in [0.2, 0.25) is 0 Å². The van der Waals surface area contributed by atoms with Gasteiger partial charge in [0.15, 0.2) is 0 Å². The SMILES string of the molecule is O=S1(=O)Nc2ccccc2C1c1ccccc1. The highest BCUT2D eigenvalue weighted by atomic mass is 32.2. The molecule has 1 heterocycles. The second-order valence-corrected chi connectivity index (χ2v) is 5.79. The largest absolute Gasteiger partial charge is 0.282 e. The van der Waals surface area contributed by atoms with Gasteiger partial charge in [-0.2, -0.15) is 0 Å². The summed E-state index contributed by atoms with van der Waals surface area (Å²) >= 11 is 0. The molecule has 0 radical (unpaired) electrons. The molecule has 0 aliphatic carbocycles. The van der Waals surface area contributed by atoms with E-state index in [-0.39, 0.29) is 0 Å². The summed E-state index contributed by atoms with van der Waals surface area (Å²) < 4.78 is 26.8. The fraction of sp³-hybridized carbons (Fsp3) is 0.0769. The van der Waals surface area contributed by atoms with E-state index in [1.807, 2.05) is 48.5 Å². The fourth-order valence-electron chi connectivity index (χ4n) is 2.18. The van der Waals surface area contributed by atoms with Gasteiger partial charge in [-0.15, -0.1) is 0 Å². The van der Waals surface area contributed by atoms with Gasteiger partial charge in [0.2, 0.25) is 10.0 Å². The van der Waals surface area contributed by atoms with E-state index in [4.69, 9.17) is 0 Å². The van der Waals surface area contributed by atoms with Crippen LogP contribution in [0.15, 0.2) is 54.6 Å². The van der Waals surface area contributed by atoms with Crippen LogP contribution in [0.4, 0.5) is 5.69 Å². The molecular formula is C13H11NO2S. The molecule has 0 saturated heterocycles. The summed E-state index contributed by atoms with van der Waals surface area (Å²) in [5.74, 6) is 0. The van der Waals surface area contributed by atoms with Crippen molar-refractivity contribution >= 4 is 15.7 Å². The van der Waals surface area contributed by atoms with Crippen molar-refractivity contribution in [3.63, 3.8) is 0 Å². The van der Waals surface area contributed by atoms with Gasteiger partial charge in [-0.3, -0.25) is 4.72 Å². The number of rotatable bonds is 1. The van der Waals surface area contributed by atoms with E-state index in [2.05, 4.69) is 4.72 Å². The Hall–Kier alpha value is -1.81. The molecule has 2 aromatic carbocycles. The number of sulfonamides is 1. The van der Waals surface area contributed by atoms with Crippen LogP contribution in [0.5, 0.6) is 0 Å². The lowest BCUT2D eigenvalue weighted by atomic mass is 10.0. The number of fused-ring (bicyclic) bond motifs is 1. The zero-order valence-corrected chi connectivity index (χ0v) is 9.81. The molecule has 1 aliphatic heterocycles. The van der Waals surface area contributed by atoms with Gasteiger partial charge in [-0.05, 0) is 11.6 Å². The lowest BCUT2D eigenvalue weighted by molar-refractivity contribution is 0.597. The Bertz CT molecular complexity index is 650. The van der Waals surface area contributed by atoms with Crippen LogP contribution in [0.3, 0.4) is 0 Å². The van der Waals surface area contributed by atoms with E-state index < -0.39 is 15.3 Å². The van der Waals surface area contributed by atoms with Crippen molar-refractivity contribution in [2.24, 2.45) is 0 Å². The molecule has 17 heavy (non-hydrogen) atoms. The smallest absolute Gasteiger partial charge is 0.244 e. The fourth-order valence-corrected chi connectivity index (χ4v) is 3.85. The van der Waals surface area contributed by atoms with Crippen LogP contribution in [0.1, 0.15) is 16.4 Å². The van der Waals surface area contributed by atoms with Gasteiger partial charge in [0.05, 0.1) is 5.69 Å². The molecule has 0 fully saturated rings. The summed E-state index contributed by atoms with van der Waals surface area (Å²) in [6, 6.07) is 16.6. The molecule has 2 aromatic rings. The molecule has 3 nitrogen and oxygen atoms in total. The summed E-state index contributed by atoms with van der Waals surface area (Å²) in [6.45, 7) is 0. The molecule has 0 spiro atoms. The highest BCUT2D eigenvalue weighted by Crippen LogP contribution is 2.41. The molecule has 1 atom stereocenters. The number of para-hydroxylation sites is 1. The van der Waals surface area contributed by atoms with Crippen LogP contribution >= 0.6 is 0 Å². The maximum absolute atomic E-state index is 12.1. The van der Waals surface area contributed by atoms with Gasteiger partial charge >= 0.3 is 0 Å². The van der Waals surface area contributed by atoms with Gasteiger partial charge < -0.3 is 0 Å². The quantitative estimate of drug-likeness (QED) is 0.839. The topological polar surface area (TPSA) is 46.2 Å². The minimum absolute atomic E-state index is 0.597. The van der Waals surface area contributed by atoms with Crippen molar-refractivity contribution < 1.29 is 8.42 Å². The highest BCUT2D eigenvalue weighted by Gasteiger charge is 2.36. The number of benzene rings is 2. The summed E-state index contributed by atoms with van der Waals surface area (Å²) in [7, 11) is -3.35. The Morgan fingerprint density at radius 3 is 2.29 bits per heavy atom. The predicted molar refractivity (Wildman–Crippen MR) is 67.3 cm³/mol. The summed E-state index contributed by atoms with van der Waals surface area (Å²) in [6.07, 6.45) is 0. The van der Waals surface area contributed by atoms with E-state index >= 15 is 0 Å². The zero-order valence-electron chi connectivity index (χ0n) is 9.00. The van der Waals surface area contributed by atoms with E-state index in [1.165, 1.54) is 0 Å². The van der Waals surface area contributed by atoms with E-state index in [1.54, 1.807) is 6.07 Å². The third kappa shape index (κ3) is 1.61. The second kappa shape index (κ2) is 3.60. The summed E-state index contributed by atoms with van der Waals surface area (Å²) in [4.78, 5) is 0. The maximum Gasteiger partial charge on any atom is 0.244 e. The molecule has 0 bridgehead atoms. The van der Waals surface area contributed by atoms with Gasteiger partial charge in [0, 0.05) is 5.56 Å². The molecule has 0 saturated carbocycles. The molecule has 3 rings (SSSR count). The first-order valence-corrected chi connectivity index (χ1v) is 6.88. The van der Waals surface area contributed by atoms with Crippen molar-refractivity contribution in [2.75, 3.05) is 4.72 Å². The average molecular weight is 245 g/mol. The standard InChI is InChI=1S/C13H11NO2S/c15-17(16)13(10-6-2-1-3-7-10)11-8-4-5-9-12(11)14-17/h1-9,13-14H. The average Bonchev–Trinajstić information content (AvgIpc) is 2.60. The van der Waals surface area contributed by atoms with Crippen LogP contribution in [0, 0.1) is 0 Å². The summed E-state index contributed by atoms with van der Waals surface area (Å²) in [5, 5.41) is -0.597. The second-order valence-electron chi connectivity index (χ2n) is 4.03. The normalized spacial score (nSPS) is 20.6. The Morgan fingerprint density at radius 1 is 0.882 bits per heavy atom. The molecule has 86 valence electrons. The minimum atomic E-state index is -3.35. The molecule has 0 amide bonds. The number of hydrogen-bond acceptors (Lipinski definition) is 2. The first kappa shape index (κ1) is 10.4. The Labute approximate surface area is 100 Å². The summed E-state index contributed by atoms with van der Waals surface area (Å²) in [5.41, 5.74) is 2.30. The maximum atomic E-state index is 12.1. The third-order valence-electron chi connectivity index (χ3n) is 2.91. The molecule has 1 N–H and O–H groups in total. The Kier molecular flexibility index (Phi) is 2.19. The lowest BCUT2D eigenvalue weighted by Crippen LogP contribution is -2.13. The molecular weight excluding hydrogens is 234 g/mol. The first-order chi connectivity index (χ1) is 8.18. The van der Waals surface area contributed by atoms with E-state index in [9.17, 15) is 8.42 Å². The van der Waals surface area contributed by atoms with Crippen molar-refractivity contribution in [1.29, 1.82) is 0 Å². The van der Waals surface area contributed by atoms with E-state index in [0.29, 0.717) is 5.69 Å². The Morgan fingerprint density at radius 2 is 1.53 bits per heavy atom. The first-order valence-electron chi connectivity index (χ1n) is 5.34. The molecule has 1 aliphatic rings. The lowest BCUT2D eigenvalue weighted by Gasteiger charge is -2.09. The molecule has 4 heteroatoms. The van der Waals surface area contributed by atoms with Crippen molar-refractivity contribution in [1.82, 2.24) is 0 Å². The zero-order chi connectivity index (χ0) is 11.9. The van der Waals surface area contributed by atoms with E-state index in [0.717, 1.165) is 11.1 Å². The molecule has 1 unspecified atom stereocenters. The van der Waals surface area contributed by atoms with Gasteiger partial charge in [-0.1, -0.05) is 48.5 Å². The molecule has 0 aromatic heterocycles. The highest BCUT2D eigenvalue weighted by molar-refractivity contribution is 7.93. The van der Waals surface area contributed by atoms with Crippen molar-refractivity contribution in [2.45, 2.75) is 5.25 Å². The monoisotopic (exact) mass is 245 g/mol. The Balaban J connectivity index is 2.22. The minimum Gasteiger partial charge on any atom is -0.282 e.